The van der Waals surface area contributed by atoms with E-state index in [4.69, 9.17) is 0 Å². The minimum absolute atomic E-state index is 0.0121. The van der Waals surface area contributed by atoms with Crippen molar-refractivity contribution in [1.29, 1.82) is 0 Å². The molecule has 1 saturated carbocycles. The van der Waals surface area contributed by atoms with Crippen molar-refractivity contribution in [3.05, 3.63) is 47.0 Å². The Balaban J connectivity index is 1.55. The predicted octanol–water partition coefficient (Wildman–Crippen LogP) is 2.84. The molecule has 29 heavy (non-hydrogen) atoms. The molecular weight excluding hydrogens is 388 g/mol. The van der Waals surface area contributed by atoms with Crippen molar-refractivity contribution in [3.8, 4) is 0 Å². The van der Waals surface area contributed by atoms with Crippen LogP contribution in [0.5, 0.6) is 0 Å². The fourth-order valence-electron chi connectivity index (χ4n) is 2.85. The number of aromatic nitrogens is 1. The average Bonchev–Trinajstić information content (AvgIpc) is 3.47. The molecule has 1 aliphatic rings. The number of rotatable bonds is 9. The number of hydrogen-bond acceptors (Lipinski definition) is 5. The molecule has 3 rings (SSSR count). The molecule has 2 aromatic rings. The standard InChI is InChI=1S/C21H26N4O3S/c1-3-14(2)22-18(26)11-16-13-29-21(23-16)24-19(27)12-25(17-9-10-17)20(28)15-7-5-4-6-8-15/h4-8,13-14,17H,3,9-12H2,1-2H3,(H,22,26)(H,23,24,27). The smallest absolute Gasteiger partial charge is 0.254 e. The second-order valence-electron chi connectivity index (χ2n) is 7.28. The number of thiazole rings is 1. The summed E-state index contributed by atoms with van der Waals surface area (Å²) in [5.74, 6) is -0.508. The normalized spacial score (nSPS) is 14.1. The number of nitrogens with one attached hydrogen (secondary N) is 2. The second kappa shape index (κ2) is 9.65. The highest BCUT2D eigenvalue weighted by Crippen LogP contribution is 2.28. The first-order chi connectivity index (χ1) is 14.0. The summed E-state index contributed by atoms with van der Waals surface area (Å²) in [5.41, 5.74) is 1.20. The summed E-state index contributed by atoms with van der Waals surface area (Å²) in [5, 5.41) is 7.84. The lowest BCUT2D eigenvalue weighted by molar-refractivity contribution is -0.121. The molecule has 1 aliphatic carbocycles. The van der Waals surface area contributed by atoms with Crippen molar-refractivity contribution in [2.24, 2.45) is 0 Å². The first-order valence-corrected chi connectivity index (χ1v) is 10.7. The quantitative estimate of drug-likeness (QED) is 0.660. The summed E-state index contributed by atoms with van der Waals surface area (Å²) in [7, 11) is 0. The van der Waals surface area contributed by atoms with Crippen LogP contribution in [0.15, 0.2) is 35.7 Å². The fraction of sp³-hybridized carbons (Fsp3) is 0.429. The third-order valence-electron chi connectivity index (χ3n) is 4.74. The van der Waals surface area contributed by atoms with Crippen LogP contribution < -0.4 is 10.6 Å². The maximum Gasteiger partial charge on any atom is 0.254 e. The molecule has 0 saturated heterocycles. The van der Waals surface area contributed by atoms with Gasteiger partial charge in [-0.2, -0.15) is 0 Å². The van der Waals surface area contributed by atoms with E-state index in [0.717, 1.165) is 19.3 Å². The van der Waals surface area contributed by atoms with Crippen LogP contribution >= 0.6 is 11.3 Å². The Morgan fingerprint density at radius 3 is 2.59 bits per heavy atom. The van der Waals surface area contributed by atoms with Crippen molar-refractivity contribution >= 4 is 34.2 Å². The fourth-order valence-corrected chi connectivity index (χ4v) is 3.58. The molecular formula is C21H26N4O3S. The van der Waals surface area contributed by atoms with Crippen LogP contribution in [0.3, 0.4) is 0 Å². The average molecular weight is 415 g/mol. The van der Waals surface area contributed by atoms with E-state index in [9.17, 15) is 14.4 Å². The van der Waals surface area contributed by atoms with Crippen LogP contribution in [0.1, 0.15) is 49.2 Å². The first-order valence-electron chi connectivity index (χ1n) is 9.86. The minimum Gasteiger partial charge on any atom is -0.353 e. The Bertz CT molecular complexity index is 864. The molecule has 0 aliphatic heterocycles. The second-order valence-corrected chi connectivity index (χ2v) is 8.13. The molecule has 1 heterocycles. The van der Waals surface area contributed by atoms with Crippen LogP contribution in [-0.2, 0) is 16.0 Å². The Morgan fingerprint density at radius 2 is 1.93 bits per heavy atom. The predicted molar refractivity (Wildman–Crippen MR) is 113 cm³/mol. The van der Waals surface area contributed by atoms with Gasteiger partial charge in [0.15, 0.2) is 5.13 Å². The maximum absolute atomic E-state index is 12.7. The van der Waals surface area contributed by atoms with E-state index >= 15 is 0 Å². The molecule has 154 valence electrons. The summed E-state index contributed by atoms with van der Waals surface area (Å²) in [6.45, 7) is 3.95. The summed E-state index contributed by atoms with van der Waals surface area (Å²) >= 11 is 1.27. The lowest BCUT2D eigenvalue weighted by Gasteiger charge is -2.21. The monoisotopic (exact) mass is 414 g/mol. The van der Waals surface area contributed by atoms with Crippen molar-refractivity contribution in [2.45, 2.75) is 51.6 Å². The molecule has 0 bridgehead atoms. The number of carbonyl (C=O) groups excluding carboxylic acids is 3. The number of benzene rings is 1. The minimum atomic E-state index is -0.286. The lowest BCUT2D eigenvalue weighted by atomic mass is 10.2. The molecule has 1 aromatic heterocycles. The van der Waals surface area contributed by atoms with E-state index in [2.05, 4.69) is 15.6 Å². The van der Waals surface area contributed by atoms with Crippen LogP contribution in [0, 0.1) is 0 Å². The van der Waals surface area contributed by atoms with Crippen molar-refractivity contribution < 1.29 is 14.4 Å². The summed E-state index contributed by atoms with van der Waals surface area (Å²) in [4.78, 5) is 43.1. The van der Waals surface area contributed by atoms with Crippen LogP contribution in [0.25, 0.3) is 0 Å². The number of nitrogens with zero attached hydrogens (tertiary/aromatic N) is 2. The molecule has 0 spiro atoms. The van der Waals surface area contributed by atoms with Gasteiger partial charge in [-0.3, -0.25) is 14.4 Å². The third-order valence-corrected chi connectivity index (χ3v) is 5.55. The third kappa shape index (κ3) is 6.12. The number of hydrogen-bond donors (Lipinski definition) is 2. The Morgan fingerprint density at radius 1 is 1.21 bits per heavy atom. The van der Waals surface area contributed by atoms with Crippen LogP contribution in [0.2, 0.25) is 0 Å². The van der Waals surface area contributed by atoms with Crippen molar-refractivity contribution in [2.75, 3.05) is 11.9 Å². The number of carbonyl (C=O) groups is 3. The molecule has 8 heteroatoms. The van der Waals surface area contributed by atoms with Gasteiger partial charge in [-0.15, -0.1) is 11.3 Å². The van der Waals surface area contributed by atoms with Gasteiger partial charge in [0.25, 0.3) is 5.91 Å². The SMILES string of the molecule is CCC(C)NC(=O)Cc1csc(NC(=O)CN(C(=O)c2ccccc2)C2CC2)n1. The van der Waals surface area contributed by atoms with Gasteiger partial charge in [0.2, 0.25) is 11.8 Å². The van der Waals surface area contributed by atoms with Crippen LogP contribution in [-0.4, -0.2) is 46.2 Å². The van der Waals surface area contributed by atoms with E-state index in [0.29, 0.717) is 16.4 Å². The van der Waals surface area contributed by atoms with E-state index in [1.807, 2.05) is 32.0 Å². The molecule has 1 aromatic carbocycles. The molecule has 2 N–H and O–H groups in total. The van der Waals surface area contributed by atoms with Gasteiger partial charge >= 0.3 is 0 Å². The highest BCUT2D eigenvalue weighted by atomic mass is 32.1. The molecule has 0 radical (unpaired) electrons. The number of amides is 3. The van der Waals surface area contributed by atoms with E-state index in [-0.39, 0.29) is 42.8 Å². The largest absolute Gasteiger partial charge is 0.353 e. The highest BCUT2D eigenvalue weighted by Gasteiger charge is 2.34. The molecule has 7 nitrogen and oxygen atoms in total. The Labute approximate surface area is 174 Å². The Hall–Kier alpha value is -2.74. The summed E-state index contributed by atoms with van der Waals surface area (Å²) in [6.07, 6.45) is 2.87. The molecule has 3 amide bonds. The summed E-state index contributed by atoms with van der Waals surface area (Å²) in [6, 6.07) is 9.23. The van der Waals surface area contributed by atoms with Crippen molar-refractivity contribution in [1.82, 2.24) is 15.2 Å². The first kappa shape index (κ1) is 21.0. The number of anilines is 1. The van der Waals surface area contributed by atoms with Gasteiger partial charge < -0.3 is 15.5 Å². The van der Waals surface area contributed by atoms with Gasteiger partial charge in [-0.1, -0.05) is 25.1 Å². The Kier molecular flexibility index (Phi) is 6.98. The topological polar surface area (TPSA) is 91.4 Å². The van der Waals surface area contributed by atoms with E-state index in [1.54, 1.807) is 22.4 Å². The van der Waals surface area contributed by atoms with Gasteiger partial charge in [-0.05, 0) is 38.3 Å². The van der Waals surface area contributed by atoms with Gasteiger partial charge in [0.05, 0.1) is 12.1 Å². The van der Waals surface area contributed by atoms with Crippen molar-refractivity contribution in [3.63, 3.8) is 0 Å². The molecule has 1 fully saturated rings. The molecule has 1 unspecified atom stereocenters. The van der Waals surface area contributed by atoms with E-state index < -0.39 is 0 Å². The van der Waals surface area contributed by atoms with Gasteiger partial charge in [0.1, 0.15) is 6.54 Å². The van der Waals surface area contributed by atoms with E-state index in [1.165, 1.54) is 11.3 Å². The zero-order valence-electron chi connectivity index (χ0n) is 16.7. The highest BCUT2D eigenvalue weighted by molar-refractivity contribution is 7.13. The van der Waals surface area contributed by atoms with Gasteiger partial charge in [0, 0.05) is 23.0 Å². The maximum atomic E-state index is 12.7. The van der Waals surface area contributed by atoms with Gasteiger partial charge in [-0.25, -0.2) is 4.98 Å². The summed E-state index contributed by atoms with van der Waals surface area (Å²) < 4.78 is 0. The van der Waals surface area contributed by atoms with Crippen LogP contribution in [0.4, 0.5) is 5.13 Å². The molecule has 1 atom stereocenters. The zero-order chi connectivity index (χ0) is 20.8. The lowest BCUT2D eigenvalue weighted by Crippen LogP contribution is -2.39. The zero-order valence-corrected chi connectivity index (χ0v) is 17.5.